The van der Waals surface area contributed by atoms with Gasteiger partial charge >= 0.3 is 11.9 Å². The third-order valence-corrected chi connectivity index (χ3v) is 10.1. The third kappa shape index (κ3) is 7.32. The Morgan fingerprint density at radius 3 is 2.52 bits per heavy atom. The van der Waals surface area contributed by atoms with Gasteiger partial charge in [0.25, 0.3) is 5.91 Å². The van der Waals surface area contributed by atoms with E-state index in [9.17, 15) is 27.6 Å². The first kappa shape index (κ1) is 31.5. The largest absolute Gasteiger partial charge is 0.465 e. The van der Waals surface area contributed by atoms with Crippen molar-refractivity contribution in [3.63, 3.8) is 0 Å². The number of benzene rings is 1. The van der Waals surface area contributed by atoms with Gasteiger partial charge in [-0.15, -0.1) is 11.3 Å². The first-order chi connectivity index (χ1) is 20.1. The Morgan fingerprint density at radius 2 is 1.81 bits per heavy atom. The highest BCUT2D eigenvalue weighted by molar-refractivity contribution is 7.92. The number of aryl methyl sites for hydroxylation is 1. The topological polar surface area (TPSA) is 159 Å². The number of thiazole rings is 1. The summed E-state index contributed by atoms with van der Waals surface area (Å²) in [6.45, 7) is 2.54. The maximum atomic E-state index is 12.8. The Hall–Kier alpha value is -3.40. The molecule has 1 aliphatic carbocycles. The van der Waals surface area contributed by atoms with Crippen molar-refractivity contribution in [2.24, 2.45) is 4.99 Å². The molecule has 1 aliphatic rings. The van der Waals surface area contributed by atoms with Gasteiger partial charge in [-0.3, -0.25) is 9.59 Å². The summed E-state index contributed by atoms with van der Waals surface area (Å²) in [4.78, 5) is 55.3. The van der Waals surface area contributed by atoms with E-state index in [2.05, 4.69) is 10.3 Å². The van der Waals surface area contributed by atoms with Crippen molar-refractivity contribution in [1.82, 2.24) is 4.57 Å². The molecular formula is C27H31N3O9S3. The molecule has 0 saturated carbocycles. The molecule has 0 atom stereocenters. The molecule has 0 radical (unpaired) electrons. The SMILES string of the molecule is CCOC(=O)c1ccc2c(c1)sc(=NC(=O)CS(=O)(=O)CC(=O)Nc1sc3c(c1C(=O)OC)CCCC3)n2CCOC. The lowest BCUT2D eigenvalue weighted by Crippen LogP contribution is -2.28. The zero-order valence-electron chi connectivity index (χ0n) is 23.4. The van der Waals surface area contributed by atoms with Crippen LogP contribution in [0.5, 0.6) is 0 Å². The summed E-state index contributed by atoms with van der Waals surface area (Å²) in [5.41, 5.74) is 2.09. The molecule has 42 heavy (non-hydrogen) atoms. The fourth-order valence-electron chi connectivity index (χ4n) is 4.61. The number of carbonyl (C=O) groups is 4. The van der Waals surface area contributed by atoms with Crippen LogP contribution in [0.1, 0.15) is 50.9 Å². The van der Waals surface area contributed by atoms with Crippen molar-refractivity contribution in [2.75, 3.05) is 44.3 Å². The van der Waals surface area contributed by atoms with Crippen LogP contribution >= 0.6 is 22.7 Å². The summed E-state index contributed by atoms with van der Waals surface area (Å²) in [5, 5.41) is 2.79. The number of hydrogen-bond donors (Lipinski definition) is 1. The second kappa shape index (κ2) is 13.7. The summed E-state index contributed by atoms with van der Waals surface area (Å²) >= 11 is 2.35. The average molecular weight is 638 g/mol. The van der Waals surface area contributed by atoms with Gasteiger partial charge in [-0.05, 0) is 56.4 Å². The molecule has 4 rings (SSSR count). The van der Waals surface area contributed by atoms with Crippen LogP contribution in [-0.2, 0) is 53.0 Å². The Labute approximate surface area is 250 Å². The number of nitrogens with one attached hydrogen (secondary N) is 1. The lowest BCUT2D eigenvalue weighted by molar-refractivity contribution is -0.115. The highest BCUT2D eigenvalue weighted by atomic mass is 32.2. The normalized spacial score (nSPS) is 13.5. The number of esters is 2. The Balaban J connectivity index is 1.53. The first-order valence-corrected chi connectivity index (χ1v) is 16.6. The van der Waals surface area contributed by atoms with Crippen molar-refractivity contribution < 1.29 is 41.8 Å². The van der Waals surface area contributed by atoms with Crippen LogP contribution in [0.25, 0.3) is 10.2 Å². The minimum atomic E-state index is -4.20. The summed E-state index contributed by atoms with van der Waals surface area (Å²) in [7, 11) is -1.44. The quantitative estimate of drug-likeness (QED) is 0.312. The smallest absolute Gasteiger partial charge is 0.341 e. The second-order valence-electron chi connectivity index (χ2n) is 9.42. The molecule has 0 aliphatic heterocycles. The number of carbonyl (C=O) groups excluding carboxylic acids is 4. The summed E-state index contributed by atoms with van der Waals surface area (Å²) < 4.78 is 43.1. The number of methoxy groups -OCH3 is 2. The zero-order valence-corrected chi connectivity index (χ0v) is 25.8. The van der Waals surface area contributed by atoms with Crippen LogP contribution in [-0.4, -0.2) is 75.7 Å². The number of ether oxygens (including phenoxy) is 3. The van der Waals surface area contributed by atoms with Gasteiger partial charge in [0.05, 0.1) is 41.7 Å². The summed E-state index contributed by atoms with van der Waals surface area (Å²) in [6, 6.07) is 4.92. The van der Waals surface area contributed by atoms with Gasteiger partial charge in [0, 0.05) is 18.5 Å². The maximum absolute atomic E-state index is 12.8. The number of amides is 2. The molecule has 2 aromatic heterocycles. The molecular weight excluding hydrogens is 607 g/mol. The number of fused-ring (bicyclic) bond motifs is 2. The molecule has 0 unspecified atom stereocenters. The van der Waals surface area contributed by atoms with E-state index < -0.39 is 45.1 Å². The summed E-state index contributed by atoms with van der Waals surface area (Å²) in [5.74, 6) is -4.85. The van der Waals surface area contributed by atoms with Crippen molar-refractivity contribution in [3.05, 3.63) is 44.6 Å². The van der Waals surface area contributed by atoms with E-state index in [1.165, 1.54) is 25.6 Å². The van der Waals surface area contributed by atoms with Gasteiger partial charge in [-0.25, -0.2) is 18.0 Å². The first-order valence-electron chi connectivity index (χ1n) is 13.2. The number of nitrogens with zero attached hydrogens (tertiary/aromatic N) is 2. The molecule has 226 valence electrons. The van der Waals surface area contributed by atoms with Gasteiger partial charge in [0.15, 0.2) is 14.6 Å². The number of anilines is 1. The molecule has 0 saturated heterocycles. The molecule has 2 amide bonds. The zero-order chi connectivity index (χ0) is 30.4. The highest BCUT2D eigenvalue weighted by Gasteiger charge is 2.28. The van der Waals surface area contributed by atoms with Crippen LogP contribution in [0.3, 0.4) is 0 Å². The van der Waals surface area contributed by atoms with Crippen LogP contribution in [0, 0.1) is 0 Å². The van der Waals surface area contributed by atoms with Crippen molar-refractivity contribution in [2.45, 2.75) is 39.2 Å². The average Bonchev–Trinajstić information content (AvgIpc) is 3.47. The molecule has 15 heteroatoms. The predicted molar refractivity (Wildman–Crippen MR) is 158 cm³/mol. The van der Waals surface area contributed by atoms with Crippen LogP contribution < -0.4 is 10.1 Å². The van der Waals surface area contributed by atoms with Crippen molar-refractivity contribution >= 4 is 71.5 Å². The fourth-order valence-corrected chi connectivity index (χ4v) is 8.03. The molecule has 1 N–H and O–H groups in total. The van der Waals surface area contributed by atoms with Crippen LogP contribution in [0.15, 0.2) is 23.2 Å². The predicted octanol–water partition coefficient (Wildman–Crippen LogP) is 2.73. The fraction of sp³-hybridized carbons (Fsp3) is 0.444. The Kier molecular flexibility index (Phi) is 10.3. The van der Waals surface area contributed by atoms with Gasteiger partial charge in [0.1, 0.15) is 16.5 Å². The number of sulfone groups is 1. The molecule has 0 bridgehead atoms. The number of aromatic nitrogens is 1. The highest BCUT2D eigenvalue weighted by Crippen LogP contribution is 2.38. The maximum Gasteiger partial charge on any atom is 0.341 e. The van der Waals surface area contributed by atoms with E-state index in [-0.39, 0.29) is 22.0 Å². The van der Waals surface area contributed by atoms with Crippen molar-refractivity contribution in [1.29, 1.82) is 0 Å². The minimum Gasteiger partial charge on any atom is -0.465 e. The standard InChI is InChI=1S/C27H31N3O9S3/c1-4-39-25(33)16-9-10-18-20(13-16)41-27(30(18)11-12-37-2)29-22(32)15-42(35,36)14-21(31)28-24-23(26(34)38-3)17-7-5-6-8-19(17)40-24/h9-10,13H,4-8,11-12,14-15H2,1-3H3,(H,28,31). The number of thiophene rings is 1. The lowest BCUT2D eigenvalue weighted by atomic mass is 9.95. The molecule has 0 fully saturated rings. The molecule has 1 aromatic carbocycles. The van der Waals surface area contributed by atoms with E-state index >= 15 is 0 Å². The van der Waals surface area contributed by atoms with Gasteiger partial charge < -0.3 is 24.1 Å². The molecule has 3 aromatic rings. The van der Waals surface area contributed by atoms with E-state index in [1.807, 2.05) is 0 Å². The molecule has 12 nitrogen and oxygen atoms in total. The van der Waals surface area contributed by atoms with Crippen molar-refractivity contribution in [3.8, 4) is 0 Å². The molecule has 0 spiro atoms. The second-order valence-corrected chi connectivity index (χ2v) is 13.6. The van der Waals surface area contributed by atoms with Gasteiger partial charge in [-0.2, -0.15) is 4.99 Å². The van der Waals surface area contributed by atoms with E-state index in [4.69, 9.17) is 14.2 Å². The van der Waals surface area contributed by atoms with Gasteiger partial charge in [0.2, 0.25) is 5.91 Å². The van der Waals surface area contributed by atoms with E-state index in [1.54, 1.807) is 29.7 Å². The third-order valence-electron chi connectivity index (χ3n) is 6.44. The Morgan fingerprint density at radius 1 is 1.05 bits per heavy atom. The van der Waals surface area contributed by atoms with Gasteiger partial charge in [-0.1, -0.05) is 11.3 Å². The van der Waals surface area contributed by atoms with Crippen LogP contribution in [0.2, 0.25) is 0 Å². The number of rotatable bonds is 11. The lowest BCUT2D eigenvalue weighted by Gasteiger charge is -2.11. The number of hydrogen-bond acceptors (Lipinski definition) is 11. The van der Waals surface area contributed by atoms with E-state index in [0.29, 0.717) is 35.4 Å². The minimum absolute atomic E-state index is 0.221. The van der Waals surface area contributed by atoms with Crippen LogP contribution in [0.4, 0.5) is 5.00 Å². The molecule has 2 heterocycles. The summed E-state index contributed by atoms with van der Waals surface area (Å²) in [6.07, 6.45) is 3.30. The monoisotopic (exact) mass is 637 g/mol. The van der Waals surface area contributed by atoms with E-state index in [0.717, 1.165) is 41.0 Å². The Bertz CT molecular complexity index is 1700.